The zero-order valence-corrected chi connectivity index (χ0v) is 11.9. The van der Waals surface area contributed by atoms with Crippen LogP contribution in [-0.2, 0) is 4.74 Å². The van der Waals surface area contributed by atoms with Gasteiger partial charge in [0, 0.05) is 37.3 Å². The highest BCUT2D eigenvalue weighted by Crippen LogP contribution is 2.39. The number of hydrogen-bond donors (Lipinski definition) is 1. The molecule has 2 aliphatic rings. The quantitative estimate of drug-likeness (QED) is 0.817. The highest BCUT2D eigenvalue weighted by atomic mass is 16.5. The lowest BCUT2D eigenvalue weighted by Gasteiger charge is -2.53. The van der Waals surface area contributed by atoms with E-state index in [4.69, 9.17) is 4.74 Å². The van der Waals surface area contributed by atoms with E-state index in [1.165, 1.54) is 25.7 Å². The van der Waals surface area contributed by atoms with Crippen molar-refractivity contribution in [1.82, 2.24) is 10.2 Å². The van der Waals surface area contributed by atoms with Crippen molar-refractivity contribution < 1.29 is 4.74 Å². The number of methoxy groups -OCH3 is 1. The van der Waals surface area contributed by atoms with E-state index >= 15 is 0 Å². The second-order valence-corrected chi connectivity index (χ2v) is 6.60. The first-order valence-electron chi connectivity index (χ1n) is 7.00. The number of nitrogens with zero attached hydrogens (tertiary/aromatic N) is 1. The van der Waals surface area contributed by atoms with Gasteiger partial charge < -0.3 is 10.1 Å². The fraction of sp³-hybridized carbons (Fsp3) is 1.00. The van der Waals surface area contributed by atoms with Crippen LogP contribution in [0.3, 0.4) is 0 Å². The molecule has 0 aromatic carbocycles. The SMILES string of the molecule is COCC(C)N1CC(C)(C)NCC12CCCC2. The Morgan fingerprint density at radius 2 is 1.94 bits per heavy atom. The monoisotopic (exact) mass is 240 g/mol. The molecule has 2 rings (SSSR count). The predicted molar refractivity (Wildman–Crippen MR) is 71.3 cm³/mol. The highest BCUT2D eigenvalue weighted by Gasteiger charge is 2.47. The average molecular weight is 240 g/mol. The Kier molecular flexibility index (Phi) is 3.81. The highest BCUT2D eigenvalue weighted by molar-refractivity contribution is 5.05. The molecule has 1 spiro atoms. The van der Waals surface area contributed by atoms with E-state index in [0.717, 1.165) is 19.7 Å². The van der Waals surface area contributed by atoms with Crippen LogP contribution in [-0.4, -0.2) is 48.8 Å². The Morgan fingerprint density at radius 3 is 2.53 bits per heavy atom. The van der Waals surface area contributed by atoms with Gasteiger partial charge in [0.15, 0.2) is 0 Å². The summed E-state index contributed by atoms with van der Waals surface area (Å²) in [5.74, 6) is 0. The molecular weight excluding hydrogens is 212 g/mol. The summed E-state index contributed by atoms with van der Waals surface area (Å²) >= 11 is 0. The molecule has 3 nitrogen and oxygen atoms in total. The minimum Gasteiger partial charge on any atom is -0.383 e. The fourth-order valence-electron chi connectivity index (χ4n) is 3.61. The third-order valence-corrected chi connectivity index (χ3v) is 4.55. The standard InChI is InChI=1S/C14H28N2O/c1-12(9-17-4)16-11-13(2,3)15-10-14(16)7-5-6-8-14/h12,15H,5-11H2,1-4H3. The van der Waals surface area contributed by atoms with Gasteiger partial charge >= 0.3 is 0 Å². The molecule has 1 N–H and O–H groups in total. The van der Waals surface area contributed by atoms with Crippen LogP contribution in [0, 0.1) is 0 Å². The number of nitrogens with one attached hydrogen (secondary N) is 1. The normalized spacial score (nSPS) is 29.6. The van der Waals surface area contributed by atoms with Crippen molar-refractivity contribution in [3.63, 3.8) is 0 Å². The molecule has 100 valence electrons. The Balaban J connectivity index is 2.14. The molecule has 0 radical (unpaired) electrons. The molecule has 1 saturated carbocycles. The Hall–Kier alpha value is -0.120. The summed E-state index contributed by atoms with van der Waals surface area (Å²) in [6.45, 7) is 10.1. The van der Waals surface area contributed by atoms with Gasteiger partial charge in [0.1, 0.15) is 0 Å². The maximum absolute atomic E-state index is 5.37. The van der Waals surface area contributed by atoms with Crippen molar-refractivity contribution in [2.24, 2.45) is 0 Å². The predicted octanol–water partition coefficient (Wildman–Crippen LogP) is 2.02. The number of rotatable bonds is 3. The smallest absolute Gasteiger partial charge is 0.0615 e. The minimum absolute atomic E-state index is 0.232. The molecule has 1 heterocycles. The summed E-state index contributed by atoms with van der Waals surface area (Å²) in [7, 11) is 1.81. The Labute approximate surface area is 106 Å². The second-order valence-electron chi connectivity index (χ2n) is 6.60. The lowest BCUT2D eigenvalue weighted by atomic mass is 9.86. The molecule has 1 unspecified atom stereocenters. The third-order valence-electron chi connectivity index (χ3n) is 4.55. The van der Waals surface area contributed by atoms with Gasteiger partial charge in [-0.3, -0.25) is 4.90 Å². The lowest BCUT2D eigenvalue weighted by molar-refractivity contribution is -0.0321. The summed E-state index contributed by atoms with van der Waals surface area (Å²) in [6, 6.07) is 0.527. The van der Waals surface area contributed by atoms with Crippen LogP contribution >= 0.6 is 0 Å². The lowest BCUT2D eigenvalue weighted by Crippen LogP contribution is -2.69. The fourth-order valence-corrected chi connectivity index (χ4v) is 3.61. The van der Waals surface area contributed by atoms with Crippen LogP contribution in [0.5, 0.6) is 0 Å². The molecule has 2 fully saturated rings. The molecule has 0 aromatic rings. The van der Waals surface area contributed by atoms with Crippen LogP contribution in [0.2, 0.25) is 0 Å². The Bertz CT molecular complexity index is 259. The van der Waals surface area contributed by atoms with Gasteiger partial charge in [-0.05, 0) is 33.6 Å². The number of ether oxygens (including phenoxy) is 1. The van der Waals surface area contributed by atoms with Gasteiger partial charge in [-0.15, -0.1) is 0 Å². The van der Waals surface area contributed by atoms with Gasteiger partial charge in [-0.25, -0.2) is 0 Å². The van der Waals surface area contributed by atoms with E-state index in [2.05, 4.69) is 31.0 Å². The first kappa shape index (κ1) is 13.3. The zero-order chi connectivity index (χ0) is 12.5. The van der Waals surface area contributed by atoms with Crippen LogP contribution in [0.1, 0.15) is 46.5 Å². The summed E-state index contributed by atoms with van der Waals surface area (Å²) in [5.41, 5.74) is 0.642. The van der Waals surface area contributed by atoms with Crippen molar-refractivity contribution >= 4 is 0 Å². The van der Waals surface area contributed by atoms with Gasteiger partial charge in [0.25, 0.3) is 0 Å². The molecule has 1 saturated heterocycles. The van der Waals surface area contributed by atoms with Gasteiger partial charge in [-0.2, -0.15) is 0 Å². The Morgan fingerprint density at radius 1 is 1.29 bits per heavy atom. The molecule has 1 aliphatic carbocycles. The van der Waals surface area contributed by atoms with Crippen LogP contribution in [0.25, 0.3) is 0 Å². The van der Waals surface area contributed by atoms with Gasteiger partial charge in [0.2, 0.25) is 0 Å². The number of piperazine rings is 1. The summed E-state index contributed by atoms with van der Waals surface area (Å²) in [4.78, 5) is 2.72. The van der Waals surface area contributed by atoms with E-state index in [1.807, 2.05) is 7.11 Å². The van der Waals surface area contributed by atoms with Gasteiger partial charge in [0.05, 0.1) is 6.61 Å². The maximum Gasteiger partial charge on any atom is 0.0615 e. The average Bonchev–Trinajstić information content (AvgIpc) is 2.72. The molecule has 0 bridgehead atoms. The first-order valence-corrected chi connectivity index (χ1v) is 7.00. The largest absolute Gasteiger partial charge is 0.383 e. The molecule has 0 amide bonds. The van der Waals surface area contributed by atoms with Crippen LogP contribution in [0.4, 0.5) is 0 Å². The summed E-state index contributed by atoms with van der Waals surface area (Å²) in [6.07, 6.45) is 5.48. The second kappa shape index (κ2) is 4.87. The molecule has 3 heteroatoms. The molecular formula is C14H28N2O. The topological polar surface area (TPSA) is 24.5 Å². The van der Waals surface area contributed by atoms with E-state index in [9.17, 15) is 0 Å². The maximum atomic E-state index is 5.37. The van der Waals surface area contributed by atoms with Crippen molar-refractivity contribution in [3.05, 3.63) is 0 Å². The minimum atomic E-state index is 0.232. The number of hydrogen-bond acceptors (Lipinski definition) is 3. The van der Waals surface area contributed by atoms with Crippen LogP contribution in [0.15, 0.2) is 0 Å². The first-order chi connectivity index (χ1) is 7.99. The molecule has 1 atom stereocenters. The van der Waals surface area contributed by atoms with E-state index in [-0.39, 0.29) is 5.54 Å². The van der Waals surface area contributed by atoms with E-state index in [1.54, 1.807) is 0 Å². The zero-order valence-electron chi connectivity index (χ0n) is 11.9. The van der Waals surface area contributed by atoms with Crippen molar-refractivity contribution in [2.75, 3.05) is 26.8 Å². The molecule has 17 heavy (non-hydrogen) atoms. The molecule has 1 aliphatic heterocycles. The van der Waals surface area contributed by atoms with Crippen LogP contribution < -0.4 is 5.32 Å². The van der Waals surface area contributed by atoms with E-state index < -0.39 is 0 Å². The summed E-state index contributed by atoms with van der Waals surface area (Å²) < 4.78 is 5.37. The summed E-state index contributed by atoms with van der Waals surface area (Å²) in [5, 5.41) is 3.74. The van der Waals surface area contributed by atoms with Crippen molar-refractivity contribution in [1.29, 1.82) is 0 Å². The van der Waals surface area contributed by atoms with Crippen molar-refractivity contribution in [3.8, 4) is 0 Å². The van der Waals surface area contributed by atoms with Gasteiger partial charge in [-0.1, -0.05) is 12.8 Å². The third kappa shape index (κ3) is 2.67. The van der Waals surface area contributed by atoms with Crippen molar-refractivity contribution in [2.45, 2.75) is 63.6 Å². The van der Waals surface area contributed by atoms with E-state index in [0.29, 0.717) is 11.6 Å². The molecule has 0 aromatic heterocycles.